The molecule has 2 unspecified atom stereocenters. The van der Waals surface area contributed by atoms with Gasteiger partial charge in [-0.1, -0.05) is 13.8 Å². The minimum atomic E-state index is 0.0525. The van der Waals surface area contributed by atoms with Crippen molar-refractivity contribution in [2.24, 2.45) is 0 Å². The SMILES string of the molecule is CCCn1ccnc1C(NCC)C1COCCO1. The number of aromatic nitrogens is 2. The first kappa shape index (κ1) is 13.5. The average Bonchev–Trinajstić information content (AvgIpc) is 2.85. The summed E-state index contributed by atoms with van der Waals surface area (Å²) in [4.78, 5) is 4.49. The molecule has 1 aliphatic heterocycles. The first-order valence-electron chi connectivity index (χ1n) is 6.80. The van der Waals surface area contributed by atoms with Gasteiger partial charge in [-0.05, 0) is 13.0 Å². The third-order valence-electron chi connectivity index (χ3n) is 3.13. The number of nitrogens with one attached hydrogen (secondary N) is 1. The molecule has 2 rings (SSSR count). The predicted molar refractivity (Wildman–Crippen MR) is 69.5 cm³/mol. The Morgan fingerprint density at radius 2 is 2.39 bits per heavy atom. The lowest BCUT2D eigenvalue weighted by molar-refractivity contribution is -0.103. The fraction of sp³-hybridized carbons (Fsp3) is 0.769. The van der Waals surface area contributed by atoms with E-state index in [1.165, 1.54) is 0 Å². The van der Waals surface area contributed by atoms with Crippen LogP contribution in [0.2, 0.25) is 0 Å². The van der Waals surface area contributed by atoms with Crippen LogP contribution in [0.5, 0.6) is 0 Å². The highest BCUT2D eigenvalue weighted by atomic mass is 16.6. The number of aryl methyl sites for hydroxylation is 1. The van der Waals surface area contributed by atoms with Crippen LogP contribution in [0.15, 0.2) is 12.4 Å². The second-order valence-corrected chi connectivity index (χ2v) is 4.50. The predicted octanol–water partition coefficient (Wildman–Crippen LogP) is 1.36. The molecule has 0 aliphatic carbocycles. The maximum absolute atomic E-state index is 5.81. The van der Waals surface area contributed by atoms with E-state index in [0.29, 0.717) is 19.8 Å². The standard InChI is InChI=1S/C13H23N3O2/c1-3-6-16-7-5-15-13(16)12(14-4-2)11-10-17-8-9-18-11/h5,7,11-12,14H,3-4,6,8-10H2,1-2H3. The third kappa shape index (κ3) is 3.10. The maximum atomic E-state index is 5.81. The molecule has 5 heteroatoms. The zero-order chi connectivity index (χ0) is 12.8. The van der Waals surface area contributed by atoms with Gasteiger partial charge in [0.1, 0.15) is 11.9 Å². The van der Waals surface area contributed by atoms with Gasteiger partial charge in [0.05, 0.1) is 25.9 Å². The number of ether oxygens (including phenoxy) is 2. The maximum Gasteiger partial charge on any atom is 0.128 e. The topological polar surface area (TPSA) is 48.3 Å². The van der Waals surface area contributed by atoms with Crippen LogP contribution < -0.4 is 5.32 Å². The van der Waals surface area contributed by atoms with Crippen molar-refractivity contribution in [3.8, 4) is 0 Å². The first-order chi connectivity index (χ1) is 8.86. The van der Waals surface area contributed by atoms with Gasteiger partial charge in [0, 0.05) is 18.9 Å². The van der Waals surface area contributed by atoms with E-state index in [4.69, 9.17) is 9.47 Å². The van der Waals surface area contributed by atoms with Crippen molar-refractivity contribution in [3.63, 3.8) is 0 Å². The molecule has 5 nitrogen and oxygen atoms in total. The Bertz CT molecular complexity index is 348. The molecule has 2 atom stereocenters. The number of rotatable bonds is 6. The van der Waals surface area contributed by atoms with Gasteiger partial charge in [-0.2, -0.15) is 0 Å². The van der Waals surface area contributed by atoms with Crippen molar-refractivity contribution in [2.75, 3.05) is 26.4 Å². The van der Waals surface area contributed by atoms with Crippen molar-refractivity contribution < 1.29 is 9.47 Å². The van der Waals surface area contributed by atoms with E-state index in [9.17, 15) is 0 Å². The van der Waals surface area contributed by atoms with Crippen LogP contribution in [0.3, 0.4) is 0 Å². The summed E-state index contributed by atoms with van der Waals surface area (Å²) in [5.74, 6) is 1.05. The van der Waals surface area contributed by atoms with Crippen LogP contribution in [-0.4, -0.2) is 42.0 Å². The van der Waals surface area contributed by atoms with Gasteiger partial charge in [-0.15, -0.1) is 0 Å². The molecule has 1 aliphatic rings. The second-order valence-electron chi connectivity index (χ2n) is 4.50. The minimum Gasteiger partial charge on any atom is -0.376 e. The molecule has 0 saturated carbocycles. The Balaban J connectivity index is 2.14. The normalized spacial score (nSPS) is 22.0. The van der Waals surface area contributed by atoms with E-state index in [0.717, 1.165) is 25.3 Å². The molecular weight excluding hydrogens is 230 g/mol. The van der Waals surface area contributed by atoms with Gasteiger partial charge >= 0.3 is 0 Å². The molecular formula is C13H23N3O2. The molecule has 18 heavy (non-hydrogen) atoms. The highest BCUT2D eigenvalue weighted by molar-refractivity contribution is 5.03. The zero-order valence-electron chi connectivity index (χ0n) is 11.3. The first-order valence-corrected chi connectivity index (χ1v) is 6.80. The Morgan fingerprint density at radius 1 is 1.50 bits per heavy atom. The molecule has 0 spiro atoms. The van der Waals surface area contributed by atoms with Crippen LogP contribution in [0, 0.1) is 0 Å². The van der Waals surface area contributed by atoms with E-state index in [2.05, 4.69) is 28.7 Å². The van der Waals surface area contributed by atoms with Gasteiger partial charge in [-0.25, -0.2) is 4.98 Å². The number of imidazole rings is 1. The van der Waals surface area contributed by atoms with Gasteiger partial charge in [-0.3, -0.25) is 0 Å². The molecule has 1 fully saturated rings. The summed E-state index contributed by atoms with van der Waals surface area (Å²) in [5, 5.41) is 3.47. The van der Waals surface area contributed by atoms with Gasteiger partial charge in [0.15, 0.2) is 0 Å². The molecule has 102 valence electrons. The lowest BCUT2D eigenvalue weighted by Crippen LogP contribution is -2.41. The lowest BCUT2D eigenvalue weighted by Gasteiger charge is -2.30. The van der Waals surface area contributed by atoms with Crippen molar-refractivity contribution in [1.82, 2.24) is 14.9 Å². The van der Waals surface area contributed by atoms with Crippen molar-refractivity contribution >= 4 is 0 Å². The van der Waals surface area contributed by atoms with Crippen molar-refractivity contribution in [3.05, 3.63) is 18.2 Å². The summed E-state index contributed by atoms with van der Waals surface area (Å²) < 4.78 is 13.5. The van der Waals surface area contributed by atoms with Crippen LogP contribution >= 0.6 is 0 Å². The number of nitrogens with zero attached hydrogens (tertiary/aromatic N) is 2. The van der Waals surface area contributed by atoms with Crippen molar-refractivity contribution in [2.45, 2.75) is 39.0 Å². The Morgan fingerprint density at radius 3 is 3.06 bits per heavy atom. The summed E-state index contributed by atoms with van der Waals surface area (Å²) in [6.45, 7) is 8.15. The summed E-state index contributed by atoms with van der Waals surface area (Å²) in [5.41, 5.74) is 0. The molecule has 1 aromatic heterocycles. The molecule has 0 bridgehead atoms. The minimum absolute atomic E-state index is 0.0525. The summed E-state index contributed by atoms with van der Waals surface area (Å²) in [7, 11) is 0. The molecule has 0 aromatic carbocycles. The van der Waals surface area contributed by atoms with E-state index < -0.39 is 0 Å². The third-order valence-corrected chi connectivity index (χ3v) is 3.13. The van der Waals surface area contributed by atoms with Crippen LogP contribution in [-0.2, 0) is 16.0 Å². The van der Waals surface area contributed by atoms with Gasteiger partial charge in [0.25, 0.3) is 0 Å². The summed E-state index contributed by atoms with van der Waals surface area (Å²) >= 11 is 0. The van der Waals surface area contributed by atoms with E-state index in [1.54, 1.807) is 0 Å². The molecule has 1 N–H and O–H groups in total. The number of hydrogen-bond acceptors (Lipinski definition) is 4. The highest BCUT2D eigenvalue weighted by Gasteiger charge is 2.28. The van der Waals surface area contributed by atoms with E-state index in [1.807, 2.05) is 12.4 Å². The summed E-state index contributed by atoms with van der Waals surface area (Å²) in [6.07, 6.45) is 5.05. The van der Waals surface area contributed by atoms with Crippen LogP contribution in [0.4, 0.5) is 0 Å². The number of hydrogen-bond donors (Lipinski definition) is 1. The fourth-order valence-corrected chi connectivity index (χ4v) is 2.34. The van der Waals surface area contributed by atoms with Gasteiger partial charge < -0.3 is 19.4 Å². The van der Waals surface area contributed by atoms with E-state index in [-0.39, 0.29) is 12.1 Å². The molecule has 1 aromatic rings. The Labute approximate surface area is 108 Å². The average molecular weight is 253 g/mol. The molecule has 0 radical (unpaired) electrons. The zero-order valence-corrected chi connectivity index (χ0v) is 11.3. The van der Waals surface area contributed by atoms with Crippen LogP contribution in [0.25, 0.3) is 0 Å². The molecule has 1 saturated heterocycles. The Hall–Kier alpha value is -0.910. The van der Waals surface area contributed by atoms with Crippen molar-refractivity contribution in [1.29, 1.82) is 0 Å². The monoisotopic (exact) mass is 253 g/mol. The Kier molecular flexibility index (Phi) is 5.16. The molecule has 2 heterocycles. The smallest absolute Gasteiger partial charge is 0.128 e. The fourth-order valence-electron chi connectivity index (χ4n) is 2.34. The number of likely N-dealkylation sites (N-methyl/N-ethyl adjacent to an activating group) is 1. The largest absolute Gasteiger partial charge is 0.376 e. The molecule has 0 amide bonds. The summed E-state index contributed by atoms with van der Waals surface area (Å²) in [6, 6.07) is 0.108. The van der Waals surface area contributed by atoms with E-state index >= 15 is 0 Å². The highest BCUT2D eigenvalue weighted by Crippen LogP contribution is 2.20. The quantitative estimate of drug-likeness (QED) is 0.831. The van der Waals surface area contributed by atoms with Gasteiger partial charge in [0.2, 0.25) is 0 Å². The van der Waals surface area contributed by atoms with Crippen LogP contribution in [0.1, 0.15) is 32.1 Å². The second kappa shape index (κ2) is 6.87. The lowest BCUT2D eigenvalue weighted by atomic mass is 10.1.